The average molecular weight is 337 g/mol. The van der Waals surface area contributed by atoms with Crippen LogP contribution in [0.1, 0.15) is 35.8 Å². The monoisotopic (exact) mass is 337 g/mol. The van der Waals surface area contributed by atoms with Crippen LogP contribution in [0.4, 0.5) is 0 Å². The lowest BCUT2D eigenvalue weighted by molar-refractivity contribution is -0.127. The molecule has 0 saturated carbocycles. The SMILES string of the molecule is C=CC(=O)N1CCCC(c2nc(C)cc(Oc3ccccc3C)n2)C1. The lowest BCUT2D eigenvalue weighted by Gasteiger charge is -2.31. The zero-order chi connectivity index (χ0) is 17.8. The van der Waals surface area contributed by atoms with Gasteiger partial charge in [0.05, 0.1) is 0 Å². The molecule has 1 saturated heterocycles. The van der Waals surface area contributed by atoms with E-state index in [9.17, 15) is 4.79 Å². The maximum atomic E-state index is 11.9. The van der Waals surface area contributed by atoms with Crippen LogP contribution in [0.5, 0.6) is 11.6 Å². The molecule has 130 valence electrons. The van der Waals surface area contributed by atoms with Gasteiger partial charge in [0.1, 0.15) is 11.6 Å². The Hall–Kier alpha value is -2.69. The van der Waals surface area contributed by atoms with Gasteiger partial charge < -0.3 is 9.64 Å². The Labute approximate surface area is 148 Å². The molecule has 1 unspecified atom stereocenters. The first kappa shape index (κ1) is 17.1. The summed E-state index contributed by atoms with van der Waals surface area (Å²) in [5, 5.41) is 0. The van der Waals surface area contributed by atoms with Crippen LogP contribution in [-0.2, 0) is 4.79 Å². The lowest BCUT2D eigenvalue weighted by Crippen LogP contribution is -2.38. The highest BCUT2D eigenvalue weighted by Crippen LogP contribution is 2.28. The maximum Gasteiger partial charge on any atom is 0.245 e. The van der Waals surface area contributed by atoms with Crippen molar-refractivity contribution >= 4 is 5.91 Å². The fourth-order valence-corrected chi connectivity index (χ4v) is 3.10. The zero-order valence-electron chi connectivity index (χ0n) is 14.7. The molecule has 5 nitrogen and oxygen atoms in total. The number of rotatable bonds is 4. The summed E-state index contributed by atoms with van der Waals surface area (Å²) in [5.74, 6) is 2.17. The molecular weight excluding hydrogens is 314 g/mol. The highest BCUT2D eigenvalue weighted by Gasteiger charge is 2.26. The molecule has 0 radical (unpaired) electrons. The molecule has 3 rings (SSSR count). The first-order valence-corrected chi connectivity index (χ1v) is 8.57. The van der Waals surface area contributed by atoms with E-state index in [-0.39, 0.29) is 11.8 Å². The van der Waals surface area contributed by atoms with Crippen LogP contribution in [0.15, 0.2) is 43.0 Å². The van der Waals surface area contributed by atoms with Crippen LogP contribution >= 0.6 is 0 Å². The minimum absolute atomic E-state index is 0.0336. The van der Waals surface area contributed by atoms with Crippen molar-refractivity contribution in [1.29, 1.82) is 0 Å². The van der Waals surface area contributed by atoms with E-state index in [0.29, 0.717) is 12.4 Å². The molecule has 1 aromatic heterocycles. The molecule has 25 heavy (non-hydrogen) atoms. The molecule has 1 aliphatic heterocycles. The molecule has 2 heterocycles. The summed E-state index contributed by atoms with van der Waals surface area (Å²) in [4.78, 5) is 22.9. The van der Waals surface area contributed by atoms with Crippen molar-refractivity contribution in [2.24, 2.45) is 0 Å². The van der Waals surface area contributed by atoms with E-state index in [2.05, 4.69) is 16.5 Å². The summed E-state index contributed by atoms with van der Waals surface area (Å²) in [6, 6.07) is 9.69. The number of piperidine rings is 1. The second-order valence-electron chi connectivity index (χ2n) is 6.40. The Morgan fingerprint density at radius 2 is 2.12 bits per heavy atom. The van der Waals surface area contributed by atoms with Crippen molar-refractivity contribution < 1.29 is 9.53 Å². The molecule has 0 spiro atoms. The summed E-state index contributed by atoms with van der Waals surface area (Å²) < 4.78 is 5.97. The highest BCUT2D eigenvalue weighted by molar-refractivity contribution is 5.87. The van der Waals surface area contributed by atoms with E-state index in [1.165, 1.54) is 6.08 Å². The quantitative estimate of drug-likeness (QED) is 0.797. The van der Waals surface area contributed by atoms with E-state index in [0.717, 1.165) is 42.2 Å². The van der Waals surface area contributed by atoms with Gasteiger partial charge in [-0.3, -0.25) is 4.79 Å². The average Bonchev–Trinajstić information content (AvgIpc) is 2.62. The summed E-state index contributed by atoms with van der Waals surface area (Å²) in [5.41, 5.74) is 1.92. The van der Waals surface area contributed by atoms with E-state index in [1.807, 2.05) is 49.1 Å². The third-order valence-corrected chi connectivity index (χ3v) is 4.43. The minimum atomic E-state index is -0.0336. The normalized spacial score (nSPS) is 17.2. The van der Waals surface area contributed by atoms with Gasteiger partial charge >= 0.3 is 0 Å². The highest BCUT2D eigenvalue weighted by atomic mass is 16.5. The van der Waals surface area contributed by atoms with Crippen molar-refractivity contribution in [3.05, 3.63) is 60.1 Å². The van der Waals surface area contributed by atoms with Crippen molar-refractivity contribution in [2.45, 2.75) is 32.6 Å². The van der Waals surface area contributed by atoms with E-state index in [1.54, 1.807) is 0 Å². The van der Waals surface area contributed by atoms with Crippen molar-refractivity contribution in [3.8, 4) is 11.6 Å². The molecule has 2 aromatic rings. The first-order chi connectivity index (χ1) is 12.1. The number of hydrogen-bond donors (Lipinski definition) is 0. The van der Waals surface area contributed by atoms with Gasteiger partial charge in [0.2, 0.25) is 11.8 Å². The lowest BCUT2D eigenvalue weighted by atomic mass is 9.97. The molecule has 5 heteroatoms. The number of ether oxygens (including phenoxy) is 1. The summed E-state index contributed by atoms with van der Waals surface area (Å²) in [6.45, 7) is 8.90. The third-order valence-electron chi connectivity index (χ3n) is 4.43. The van der Waals surface area contributed by atoms with Crippen molar-refractivity contribution in [2.75, 3.05) is 13.1 Å². The molecule has 0 N–H and O–H groups in total. The second-order valence-corrected chi connectivity index (χ2v) is 6.40. The van der Waals surface area contributed by atoms with Gasteiger partial charge in [-0.25, -0.2) is 4.98 Å². The first-order valence-electron chi connectivity index (χ1n) is 8.57. The maximum absolute atomic E-state index is 11.9. The fraction of sp³-hybridized carbons (Fsp3) is 0.350. The van der Waals surface area contributed by atoms with Crippen LogP contribution in [0.3, 0.4) is 0 Å². The molecular formula is C20H23N3O2. The molecule has 1 atom stereocenters. The van der Waals surface area contributed by atoms with Crippen molar-refractivity contribution in [1.82, 2.24) is 14.9 Å². The third kappa shape index (κ3) is 4.05. The Bertz CT molecular complexity index is 788. The van der Waals surface area contributed by atoms with Gasteiger partial charge in [0.15, 0.2) is 0 Å². The van der Waals surface area contributed by atoms with Crippen LogP contribution in [0.2, 0.25) is 0 Å². The van der Waals surface area contributed by atoms with E-state index < -0.39 is 0 Å². The Balaban J connectivity index is 1.83. The second kappa shape index (κ2) is 7.47. The number of amides is 1. The number of benzene rings is 1. The number of likely N-dealkylation sites (tertiary alicyclic amines) is 1. The van der Waals surface area contributed by atoms with Gasteiger partial charge in [-0.05, 0) is 44.4 Å². The van der Waals surface area contributed by atoms with Crippen LogP contribution in [-0.4, -0.2) is 33.9 Å². The number of hydrogen-bond acceptors (Lipinski definition) is 4. The largest absolute Gasteiger partial charge is 0.439 e. The van der Waals surface area contributed by atoms with Crippen molar-refractivity contribution in [3.63, 3.8) is 0 Å². The molecule has 1 amide bonds. The van der Waals surface area contributed by atoms with Gasteiger partial charge in [-0.15, -0.1) is 0 Å². The minimum Gasteiger partial charge on any atom is -0.439 e. The molecule has 1 fully saturated rings. The Morgan fingerprint density at radius 3 is 2.88 bits per heavy atom. The van der Waals surface area contributed by atoms with Crippen LogP contribution in [0, 0.1) is 13.8 Å². The number of carbonyl (C=O) groups excluding carboxylic acids is 1. The molecule has 1 aromatic carbocycles. The molecule has 0 aliphatic carbocycles. The standard InChI is InChI=1S/C20H23N3O2/c1-4-19(24)23-11-7-9-16(13-23)20-21-15(3)12-18(22-20)25-17-10-6-5-8-14(17)2/h4-6,8,10,12,16H,1,7,9,11,13H2,2-3H3. The Morgan fingerprint density at radius 1 is 1.32 bits per heavy atom. The smallest absolute Gasteiger partial charge is 0.245 e. The van der Waals surface area contributed by atoms with Gasteiger partial charge in [0.25, 0.3) is 0 Å². The molecule has 1 aliphatic rings. The zero-order valence-corrected chi connectivity index (χ0v) is 14.7. The fourth-order valence-electron chi connectivity index (χ4n) is 3.10. The summed E-state index contributed by atoms with van der Waals surface area (Å²) in [6.07, 6.45) is 3.27. The van der Waals surface area contributed by atoms with Crippen LogP contribution < -0.4 is 4.74 Å². The van der Waals surface area contributed by atoms with Gasteiger partial charge in [-0.2, -0.15) is 4.98 Å². The summed E-state index contributed by atoms with van der Waals surface area (Å²) >= 11 is 0. The number of aromatic nitrogens is 2. The van der Waals surface area contributed by atoms with Crippen LogP contribution in [0.25, 0.3) is 0 Å². The Kier molecular flexibility index (Phi) is 5.12. The predicted molar refractivity (Wildman–Crippen MR) is 96.8 cm³/mol. The number of para-hydroxylation sites is 1. The number of aryl methyl sites for hydroxylation is 2. The van der Waals surface area contributed by atoms with E-state index >= 15 is 0 Å². The predicted octanol–water partition coefficient (Wildman–Crippen LogP) is 3.78. The van der Waals surface area contributed by atoms with Gasteiger partial charge in [0, 0.05) is 30.8 Å². The molecule has 0 bridgehead atoms. The van der Waals surface area contributed by atoms with E-state index in [4.69, 9.17) is 4.74 Å². The number of nitrogens with zero attached hydrogens (tertiary/aromatic N) is 3. The summed E-state index contributed by atoms with van der Waals surface area (Å²) in [7, 11) is 0. The van der Waals surface area contributed by atoms with Gasteiger partial charge in [-0.1, -0.05) is 24.8 Å². The topological polar surface area (TPSA) is 55.3 Å². The number of carbonyl (C=O) groups is 1.